The van der Waals surface area contributed by atoms with Crippen LogP contribution < -0.4 is 16.5 Å². The topological polar surface area (TPSA) is 158 Å². The van der Waals surface area contributed by atoms with Gasteiger partial charge in [0.05, 0.1) is 17.6 Å². The molecule has 0 radical (unpaired) electrons. The van der Waals surface area contributed by atoms with Crippen LogP contribution in [0.25, 0.3) is 6.08 Å². The first-order valence-electron chi connectivity index (χ1n) is 15.5. The van der Waals surface area contributed by atoms with Crippen molar-refractivity contribution in [3.63, 3.8) is 0 Å². The van der Waals surface area contributed by atoms with Crippen LogP contribution in [0.2, 0.25) is 0 Å². The second-order valence-corrected chi connectivity index (χ2v) is 14.5. The van der Waals surface area contributed by atoms with Gasteiger partial charge in [-0.2, -0.15) is 0 Å². The summed E-state index contributed by atoms with van der Waals surface area (Å²) in [5, 5.41) is 13.0. The number of halogens is 1. The molecule has 6 atom stereocenters. The molecule has 1 aromatic rings. The summed E-state index contributed by atoms with van der Waals surface area (Å²) in [5.41, 5.74) is 8.02. The fourth-order valence-electron chi connectivity index (χ4n) is 7.18. The van der Waals surface area contributed by atoms with Crippen LogP contribution in [0.3, 0.4) is 0 Å². The number of nitro groups is 1. The molecule has 5 rings (SSSR count). The maximum Gasteiger partial charge on any atom is 0.481 e. The molecule has 240 valence electrons. The molecule has 0 spiro atoms. The zero-order chi connectivity index (χ0) is 32.2. The Hall–Kier alpha value is -2.77. The number of ketones is 1. The number of carbonyl (C=O) groups excluding carboxylic acids is 2. The van der Waals surface area contributed by atoms with Gasteiger partial charge in [-0.25, -0.2) is 15.1 Å². The van der Waals surface area contributed by atoms with E-state index in [4.69, 9.17) is 15.0 Å². The third-order valence-corrected chi connectivity index (χ3v) is 10.2. The fourth-order valence-corrected chi connectivity index (χ4v) is 7.45. The summed E-state index contributed by atoms with van der Waals surface area (Å²) in [7, 11) is -0.572. The Kier molecular flexibility index (Phi) is 10.9. The molecular formula is C31H45BBrN5O6. The van der Waals surface area contributed by atoms with E-state index in [-0.39, 0.29) is 54.0 Å². The Morgan fingerprint density at radius 2 is 1.95 bits per heavy atom. The summed E-state index contributed by atoms with van der Waals surface area (Å²) >= 11 is 3.41. The summed E-state index contributed by atoms with van der Waals surface area (Å²) in [5.74, 6) is -0.471. The summed E-state index contributed by atoms with van der Waals surface area (Å²) in [6, 6.07) is 7.56. The molecule has 4 aliphatic rings. The zero-order valence-corrected chi connectivity index (χ0v) is 27.8. The first-order valence-corrected chi connectivity index (χ1v) is 16.3. The first kappa shape index (κ1) is 34.1. The molecule has 1 saturated heterocycles. The molecule has 1 aliphatic heterocycles. The number of carbonyl (C=O) groups is 2. The highest BCUT2D eigenvalue weighted by Crippen LogP contribution is 2.65. The van der Waals surface area contributed by atoms with E-state index in [1.807, 2.05) is 29.7 Å². The van der Waals surface area contributed by atoms with Gasteiger partial charge in [-0.15, -0.1) is 0 Å². The number of benzene rings is 1. The number of hydrazine groups is 1. The molecule has 3 saturated carbocycles. The van der Waals surface area contributed by atoms with E-state index in [0.717, 1.165) is 22.9 Å². The fraction of sp³-hybridized carbons (Fsp3) is 0.645. The van der Waals surface area contributed by atoms with E-state index in [1.165, 1.54) is 6.08 Å². The normalized spacial score (nSPS) is 27.0. The van der Waals surface area contributed by atoms with Gasteiger partial charge in [-0.05, 0) is 86.0 Å². The van der Waals surface area contributed by atoms with Gasteiger partial charge in [0.25, 0.3) is 5.96 Å². The summed E-state index contributed by atoms with van der Waals surface area (Å²) in [6.07, 6.45) is 6.73. The zero-order valence-electron chi connectivity index (χ0n) is 26.3. The maximum absolute atomic E-state index is 13.8. The van der Waals surface area contributed by atoms with E-state index in [1.54, 1.807) is 6.08 Å². The molecule has 4 N–H and O–H groups in total. The van der Waals surface area contributed by atoms with Crippen LogP contribution in [-0.2, 0) is 18.9 Å². The molecule has 13 heteroatoms. The number of rotatable bonds is 14. The lowest BCUT2D eigenvalue weighted by Gasteiger charge is -2.64. The van der Waals surface area contributed by atoms with E-state index in [2.05, 4.69) is 60.9 Å². The number of aliphatic imine (C=N–C) groups is 1. The number of nitrogens with zero attached hydrogens (tertiary/aromatic N) is 2. The highest BCUT2D eigenvalue weighted by atomic mass is 79.9. The van der Waals surface area contributed by atoms with Gasteiger partial charge in [0, 0.05) is 23.4 Å². The highest BCUT2D eigenvalue weighted by molar-refractivity contribution is 9.10. The molecule has 11 nitrogen and oxygen atoms in total. The number of guanidine groups is 1. The van der Waals surface area contributed by atoms with Crippen LogP contribution in [-0.4, -0.2) is 54.0 Å². The Labute approximate surface area is 268 Å². The minimum absolute atomic E-state index is 0.00423. The molecule has 3 aliphatic carbocycles. The van der Waals surface area contributed by atoms with E-state index in [9.17, 15) is 19.7 Å². The van der Waals surface area contributed by atoms with Crippen LogP contribution in [0, 0.1) is 39.2 Å². The van der Waals surface area contributed by atoms with E-state index >= 15 is 0 Å². The van der Waals surface area contributed by atoms with E-state index in [0.29, 0.717) is 31.1 Å². The van der Waals surface area contributed by atoms with Gasteiger partial charge in [0.2, 0.25) is 5.91 Å². The van der Waals surface area contributed by atoms with Crippen molar-refractivity contribution in [2.45, 2.75) is 90.8 Å². The van der Waals surface area contributed by atoms with Crippen molar-refractivity contribution in [2.75, 3.05) is 6.54 Å². The average Bonchev–Trinajstić information content (AvgIpc) is 3.30. The minimum atomic E-state index is -0.783. The molecular weight excluding hydrogens is 629 g/mol. The molecule has 2 bridgehead atoms. The van der Waals surface area contributed by atoms with Crippen LogP contribution in [0.1, 0.15) is 78.7 Å². The number of hydrogen-bond donors (Lipinski definition) is 3. The van der Waals surface area contributed by atoms with E-state index < -0.39 is 23.7 Å². The quantitative estimate of drug-likeness (QED) is 0.0487. The molecule has 0 unspecified atom stereocenters. The molecule has 1 heterocycles. The van der Waals surface area contributed by atoms with Gasteiger partial charge in [-0.1, -0.05) is 67.3 Å². The molecule has 44 heavy (non-hydrogen) atoms. The Bertz CT molecular complexity index is 1270. The van der Waals surface area contributed by atoms with Crippen molar-refractivity contribution >= 4 is 46.8 Å². The van der Waals surface area contributed by atoms with Gasteiger partial charge in [0.1, 0.15) is 0 Å². The molecule has 4 fully saturated rings. The summed E-state index contributed by atoms with van der Waals surface area (Å²) in [4.78, 5) is 41.4. The Balaban J connectivity index is 1.45. The van der Waals surface area contributed by atoms with Crippen LogP contribution in [0.15, 0.2) is 39.8 Å². The smallest absolute Gasteiger partial charge is 0.404 e. The van der Waals surface area contributed by atoms with Gasteiger partial charge < -0.3 is 20.4 Å². The third kappa shape index (κ3) is 8.08. The lowest BCUT2D eigenvalue weighted by atomic mass is 9.43. The lowest BCUT2D eigenvalue weighted by Crippen LogP contribution is -2.65. The highest BCUT2D eigenvalue weighted by Gasteiger charge is 2.68. The molecule has 1 amide bonds. The van der Waals surface area contributed by atoms with Crippen LogP contribution in [0.4, 0.5) is 0 Å². The summed E-state index contributed by atoms with van der Waals surface area (Å²) < 4.78 is 14.2. The van der Waals surface area contributed by atoms with Gasteiger partial charge in [-0.3, -0.25) is 9.59 Å². The van der Waals surface area contributed by atoms with Crippen molar-refractivity contribution in [3.05, 3.63) is 50.5 Å². The summed E-state index contributed by atoms with van der Waals surface area (Å²) in [6.45, 7) is 11.1. The average molecular weight is 674 g/mol. The lowest BCUT2D eigenvalue weighted by molar-refractivity contribution is -0.525. The van der Waals surface area contributed by atoms with Crippen LogP contribution in [0.5, 0.6) is 0 Å². The van der Waals surface area contributed by atoms with Gasteiger partial charge >= 0.3 is 7.12 Å². The predicted octanol–water partition coefficient (Wildman–Crippen LogP) is 4.71. The number of allylic oxidation sites excluding steroid dienone is 1. The van der Waals surface area contributed by atoms with Crippen molar-refractivity contribution in [1.82, 2.24) is 10.7 Å². The standard InChI is InChI=1S/C31H45BBrN5O6/c1-19(2)15-27(32-43-26-18-22-17-25(30(22,3)4)31(26,5)44-32)36-28(40)21(7-6-14-35-29(34)37-38(41)42)16-24(39)13-10-20-8-11-23(33)12-9-20/h8-13,19,21-22,25-27H,6-7,14-18H2,1-5H3,(H,36,40)(H3,34,35,37)/b13-10+/t21-,22+,25+,26-,27+,31+/m1/s1. The first-order chi connectivity index (χ1) is 20.7. The minimum Gasteiger partial charge on any atom is -0.404 e. The predicted molar refractivity (Wildman–Crippen MR) is 174 cm³/mol. The monoisotopic (exact) mass is 673 g/mol. The number of hydrogen-bond acceptors (Lipinski definition) is 7. The SMILES string of the molecule is CC(C)C[C@H](NC(=O)[C@H](CCCN=C(N)N[N+](=O)[O-])CC(=O)/C=C/c1ccc(Br)cc1)B1O[C@@H]2C[C@@H]3C[C@@H](C3(C)C)[C@]2(C)O1. The van der Waals surface area contributed by atoms with Crippen molar-refractivity contribution in [2.24, 2.45) is 39.8 Å². The van der Waals surface area contributed by atoms with Crippen molar-refractivity contribution < 1.29 is 23.9 Å². The van der Waals surface area contributed by atoms with Crippen molar-refractivity contribution in [3.8, 4) is 0 Å². The second kappa shape index (κ2) is 14.1. The number of nitrogens with one attached hydrogen (secondary N) is 2. The molecule has 1 aromatic carbocycles. The number of amides is 1. The Morgan fingerprint density at radius 1 is 1.25 bits per heavy atom. The largest absolute Gasteiger partial charge is 0.481 e. The second-order valence-electron chi connectivity index (χ2n) is 13.6. The van der Waals surface area contributed by atoms with Crippen molar-refractivity contribution in [1.29, 1.82) is 0 Å². The Morgan fingerprint density at radius 3 is 2.59 bits per heavy atom. The molecule has 0 aromatic heterocycles. The maximum atomic E-state index is 13.8. The van der Waals surface area contributed by atoms with Crippen LogP contribution >= 0.6 is 15.9 Å². The third-order valence-electron chi connectivity index (χ3n) is 9.70. The number of nitrogens with two attached hydrogens (primary N) is 1. The van der Waals surface area contributed by atoms with Gasteiger partial charge in [0.15, 0.2) is 10.8 Å².